The van der Waals surface area contributed by atoms with Crippen molar-refractivity contribution in [2.24, 2.45) is 0 Å². The minimum atomic E-state index is -0.00683. The van der Waals surface area contributed by atoms with E-state index in [2.05, 4.69) is 22.1 Å². The number of rotatable bonds is 3. The standard InChI is InChI=1S/C17H19N5O/c18-16-15-17(22(11-19-15)14-8-4-5-9-23-14)21-13(20-16)10-12-6-2-1-3-7-12/h1-3,6-7,11,14H,4-5,8-10H2,(H2,18,20,21). The van der Waals surface area contributed by atoms with Crippen LogP contribution in [0.5, 0.6) is 0 Å². The quantitative estimate of drug-likeness (QED) is 0.804. The normalized spacial score (nSPS) is 18.3. The average molecular weight is 309 g/mol. The van der Waals surface area contributed by atoms with Gasteiger partial charge in [0, 0.05) is 13.0 Å². The van der Waals surface area contributed by atoms with E-state index in [0.717, 1.165) is 37.1 Å². The average Bonchev–Trinajstić information content (AvgIpc) is 3.01. The van der Waals surface area contributed by atoms with Crippen molar-refractivity contribution < 1.29 is 4.74 Å². The number of fused-ring (bicyclic) bond motifs is 1. The SMILES string of the molecule is Nc1nc(Cc2ccccc2)nc2c1ncn2C1CCCCO1. The maximum Gasteiger partial charge on any atom is 0.167 e. The maximum atomic E-state index is 6.09. The molecule has 2 aromatic heterocycles. The lowest BCUT2D eigenvalue weighted by Gasteiger charge is -2.23. The predicted octanol–water partition coefficient (Wildman–Crippen LogP) is 2.70. The van der Waals surface area contributed by atoms with Gasteiger partial charge in [0.15, 0.2) is 11.5 Å². The zero-order valence-electron chi connectivity index (χ0n) is 12.9. The number of imidazole rings is 1. The van der Waals surface area contributed by atoms with Gasteiger partial charge < -0.3 is 10.5 Å². The Hall–Kier alpha value is -2.47. The third-order valence-corrected chi connectivity index (χ3v) is 4.17. The molecule has 4 rings (SSSR count). The summed E-state index contributed by atoms with van der Waals surface area (Å²) in [4.78, 5) is 13.5. The van der Waals surface area contributed by atoms with Crippen LogP contribution >= 0.6 is 0 Å². The smallest absolute Gasteiger partial charge is 0.167 e. The molecule has 3 aromatic rings. The van der Waals surface area contributed by atoms with Gasteiger partial charge in [0.2, 0.25) is 0 Å². The van der Waals surface area contributed by atoms with Crippen molar-refractivity contribution in [1.82, 2.24) is 19.5 Å². The summed E-state index contributed by atoms with van der Waals surface area (Å²) in [5, 5.41) is 0. The van der Waals surface area contributed by atoms with Crippen molar-refractivity contribution in [1.29, 1.82) is 0 Å². The van der Waals surface area contributed by atoms with E-state index in [1.165, 1.54) is 0 Å². The van der Waals surface area contributed by atoms with Crippen molar-refractivity contribution in [3.05, 3.63) is 48.0 Å². The fourth-order valence-corrected chi connectivity index (χ4v) is 3.00. The minimum absolute atomic E-state index is 0.00683. The minimum Gasteiger partial charge on any atom is -0.382 e. The highest BCUT2D eigenvalue weighted by molar-refractivity contribution is 5.81. The lowest BCUT2D eigenvalue weighted by atomic mass is 10.1. The summed E-state index contributed by atoms with van der Waals surface area (Å²) in [6, 6.07) is 10.1. The first-order valence-electron chi connectivity index (χ1n) is 7.96. The second-order valence-electron chi connectivity index (χ2n) is 5.83. The maximum absolute atomic E-state index is 6.09. The van der Waals surface area contributed by atoms with Crippen molar-refractivity contribution in [3.63, 3.8) is 0 Å². The molecule has 23 heavy (non-hydrogen) atoms. The van der Waals surface area contributed by atoms with Gasteiger partial charge in [-0.3, -0.25) is 4.57 Å². The molecular formula is C17H19N5O. The molecule has 0 saturated carbocycles. The van der Waals surface area contributed by atoms with E-state index >= 15 is 0 Å². The lowest BCUT2D eigenvalue weighted by molar-refractivity contribution is -0.0298. The molecule has 1 atom stereocenters. The molecule has 6 nitrogen and oxygen atoms in total. The van der Waals surface area contributed by atoms with E-state index in [1.54, 1.807) is 6.33 Å². The van der Waals surface area contributed by atoms with Crippen LogP contribution in [0.2, 0.25) is 0 Å². The van der Waals surface area contributed by atoms with Crippen LogP contribution in [0.3, 0.4) is 0 Å². The topological polar surface area (TPSA) is 78.9 Å². The molecule has 1 aliphatic rings. The third-order valence-electron chi connectivity index (χ3n) is 4.17. The third kappa shape index (κ3) is 2.77. The molecule has 2 N–H and O–H groups in total. The van der Waals surface area contributed by atoms with Crippen LogP contribution in [0.1, 0.15) is 36.9 Å². The van der Waals surface area contributed by atoms with Crippen molar-refractivity contribution in [2.45, 2.75) is 31.9 Å². The Balaban J connectivity index is 1.72. The summed E-state index contributed by atoms with van der Waals surface area (Å²) < 4.78 is 7.84. The Morgan fingerprint density at radius 3 is 2.83 bits per heavy atom. The summed E-state index contributed by atoms with van der Waals surface area (Å²) in [6.45, 7) is 0.780. The zero-order valence-corrected chi connectivity index (χ0v) is 12.9. The van der Waals surface area contributed by atoms with Gasteiger partial charge in [-0.2, -0.15) is 0 Å². The first-order valence-corrected chi connectivity index (χ1v) is 7.96. The van der Waals surface area contributed by atoms with Crippen LogP contribution in [-0.2, 0) is 11.2 Å². The lowest BCUT2D eigenvalue weighted by Crippen LogP contribution is -2.18. The highest BCUT2D eigenvalue weighted by Crippen LogP contribution is 2.27. The Kier molecular flexibility index (Phi) is 3.67. The number of ether oxygens (including phenoxy) is 1. The van der Waals surface area contributed by atoms with E-state index in [4.69, 9.17) is 15.5 Å². The van der Waals surface area contributed by atoms with Crippen molar-refractivity contribution in [3.8, 4) is 0 Å². The monoisotopic (exact) mass is 309 g/mol. The van der Waals surface area contributed by atoms with Crippen LogP contribution in [0.25, 0.3) is 11.2 Å². The van der Waals surface area contributed by atoms with Gasteiger partial charge in [0.1, 0.15) is 17.6 Å². The number of hydrogen-bond donors (Lipinski definition) is 1. The second-order valence-corrected chi connectivity index (χ2v) is 5.83. The van der Waals surface area contributed by atoms with Gasteiger partial charge in [-0.15, -0.1) is 0 Å². The van der Waals surface area contributed by atoms with Gasteiger partial charge >= 0.3 is 0 Å². The zero-order chi connectivity index (χ0) is 15.6. The molecular weight excluding hydrogens is 290 g/mol. The molecule has 1 unspecified atom stereocenters. The Morgan fingerprint density at radius 2 is 2.04 bits per heavy atom. The molecule has 3 heterocycles. The Bertz CT molecular complexity index is 808. The number of aromatic nitrogens is 4. The number of benzene rings is 1. The van der Waals surface area contributed by atoms with Crippen molar-refractivity contribution >= 4 is 17.0 Å². The summed E-state index contributed by atoms with van der Waals surface area (Å²) >= 11 is 0. The van der Waals surface area contributed by atoms with E-state index in [-0.39, 0.29) is 6.23 Å². The van der Waals surface area contributed by atoms with Crippen LogP contribution in [0.15, 0.2) is 36.7 Å². The fourth-order valence-electron chi connectivity index (χ4n) is 3.00. The van der Waals surface area contributed by atoms with Crippen molar-refractivity contribution in [2.75, 3.05) is 12.3 Å². The number of nitrogens with two attached hydrogens (primary N) is 1. The summed E-state index contributed by atoms with van der Waals surface area (Å²) in [7, 11) is 0. The summed E-state index contributed by atoms with van der Waals surface area (Å²) in [6.07, 6.45) is 5.65. The van der Waals surface area contributed by atoms with E-state index < -0.39 is 0 Å². The van der Waals surface area contributed by atoms with Gasteiger partial charge in [-0.25, -0.2) is 15.0 Å². The molecule has 0 spiro atoms. The Labute approximate surface area is 134 Å². The first-order chi connectivity index (χ1) is 11.3. The largest absolute Gasteiger partial charge is 0.382 e. The fraction of sp³-hybridized carbons (Fsp3) is 0.353. The summed E-state index contributed by atoms with van der Waals surface area (Å²) in [5.41, 5.74) is 8.65. The molecule has 0 bridgehead atoms. The van der Waals surface area contributed by atoms with E-state index in [0.29, 0.717) is 23.6 Å². The summed E-state index contributed by atoms with van der Waals surface area (Å²) in [5.74, 6) is 1.13. The Morgan fingerprint density at radius 1 is 1.17 bits per heavy atom. The van der Waals surface area contributed by atoms with Gasteiger partial charge in [-0.05, 0) is 24.8 Å². The molecule has 6 heteroatoms. The van der Waals surface area contributed by atoms with Gasteiger partial charge in [-0.1, -0.05) is 30.3 Å². The number of hydrogen-bond acceptors (Lipinski definition) is 5. The highest BCUT2D eigenvalue weighted by atomic mass is 16.5. The van der Waals surface area contributed by atoms with E-state index in [9.17, 15) is 0 Å². The molecule has 0 radical (unpaired) electrons. The predicted molar refractivity (Wildman–Crippen MR) is 87.8 cm³/mol. The second kappa shape index (κ2) is 5.96. The van der Waals surface area contributed by atoms with Gasteiger partial charge in [0.05, 0.1) is 6.33 Å². The highest BCUT2D eigenvalue weighted by Gasteiger charge is 2.20. The molecule has 1 fully saturated rings. The molecule has 1 aromatic carbocycles. The number of nitrogens with zero attached hydrogens (tertiary/aromatic N) is 4. The van der Waals surface area contributed by atoms with Crippen LogP contribution < -0.4 is 5.73 Å². The van der Waals surface area contributed by atoms with Gasteiger partial charge in [0.25, 0.3) is 0 Å². The van der Waals surface area contributed by atoms with Crippen LogP contribution in [0.4, 0.5) is 5.82 Å². The number of anilines is 1. The molecule has 1 aliphatic heterocycles. The first kappa shape index (κ1) is 14.1. The molecule has 118 valence electrons. The van der Waals surface area contributed by atoms with Crippen LogP contribution in [-0.4, -0.2) is 26.1 Å². The molecule has 0 amide bonds. The molecule has 1 saturated heterocycles. The van der Waals surface area contributed by atoms with Crippen LogP contribution in [0, 0.1) is 0 Å². The number of nitrogen functional groups attached to an aromatic ring is 1. The molecule has 0 aliphatic carbocycles. The van der Waals surface area contributed by atoms with E-state index in [1.807, 2.05) is 22.8 Å².